The fourth-order valence-electron chi connectivity index (χ4n) is 1.32. The lowest BCUT2D eigenvalue weighted by atomic mass is 10.4. The molecule has 1 amide bonds. The molecule has 1 aliphatic carbocycles. The summed E-state index contributed by atoms with van der Waals surface area (Å²) in [5, 5.41) is 2.75. The van der Waals surface area contributed by atoms with Crippen LogP contribution in [0.2, 0.25) is 0 Å². The zero-order valence-corrected chi connectivity index (χ0v) is 8.59. The Labute approximate surface area is 87.8 Å². The maximum atomic E-state index is 12.1. The molecule has 0 heterocycles. The first kappa shape index (κ1) is 12.3. The fraction of sp³-hybridized carbons (Fsp3) is 0.889. The van der Waals surface area contributed by atoms with Crippen LogP contribution in [0.1, 0.15) is 12.8 Å². The number of nitrogens with one attached hydrogen (secondary N) is 1. The van der Waals surface area contributed by atoms with Crippen molar-refractivity contribution < 1.29 is 13.6 Å². The molecule has 3 N–H and O–H groups in total. The summed E-state index contributed by atoms with van der Waals surface area (Å²) in [6.07, 6.45) is -0.431. The average molecular weight is 221 g/mol. The molecule has 1 saturated carbocycles. The van der Waals surface area contributed by atoms with E-state index in [2.05, 4.69) is 5.32 Å². The number of rotatable bonds is 7. The van der Waals surface area contributed by atoms with E-state index in [4.69, 9.17) is 5.73 Å². The Balaban J connectivity index is 2.24. The number of halogens is 2. The number of nitrogens with zero attached hydrogens (tertiary/aromatic N) is 1. The predicted molar refractivity (Wildman–Crippen MR) is 52.7 cm³/mol. The Kier molecular flexibility index (Phi) is 4.90. The number of hydrogen-bond acceptors (Lipinski definition) is 3. The smallest absolute Gasteiger partial charge is 0.251 e. The van der Waals surface area contributed by atoms with Crippen LogP contribution in [0.25, 0.3) is 0 Å². The SMILES string of the molecule is NCCN(CC(=O)NC1CC1)CC(F)F. The first-order valence-corrected chi connectivity index (χ1v) is 5.11. The van der Waals surface area contributed by atoms with E-state index in [1.807, 2.05) is 0 Å². The molecule has 88 valence electrons. The summed E-state index contributed by atoms with van der Waals surface area (Å²) in [5.74, 6) is -0.188. The molecule has 0 atom stereocenters. The molecular formula is C9H17F2N3O. The van der Waals surface area contributed by atoms with Crippen LogP contribution in [0.3, 0.4) is 0 Å². The van der Waals surface area contributed by atoms with Crippen LogP contribution in [-0.2, 0) is 4.79 Å². The molecule has 0 saturated heterocycles. The van der Waals surface area contributed by atoms with Crippen molar-refractivity contribution in [2.45, 2.75) is 25.3 Å². The zero-order valence-electron chi connectivity index (χ0n) is 8.59. The number of hydrogen-bond donors (Lipinski definition) is 2. The van der Waals surface area contributed by atoms with Crippen LogP contribution < -0.4 is 11.1 Å². The number of amides is 1. The third-order valence-electron chi connectivity index (χ3n) is 2.15. The van der Waals surface area contributed by atoms with E-state index >= 15 is 0 Å². The number of carbonyl (C=O) groups is 1. The maximum absolute atomic E-state index is 12.1. The zero-order chi connectivity index (χ0) is 11.3. The van der Waals surface area contributed by atoms with Gasteiger partial charge in [-0.1, -0.05) is 0 Å². The number of carbonyl (C=O) groups excluding carboxylic acids is 1. The van der Waals surface area contributed by atoms with E-state index in [0.717, 1.165) is 12.8 Å². The Bertz CT molecular complexity index is 210. The van der Waals surface area contributed by atoms with Gasteiger partial charge >= 0.3 is 0 Å². The molecular weight excluding hydrogens is 204 g/mol. The third-order valence-corrected chi connectivity index (χ3v) is 2.15. The average Bonchev–Trinajstić information content (AvgIpc) is 2.86. The maximum Gasteiger partial charge on any atom is 0.251 e. The molecule has 0 unspecified atom stereocenters. The lowest BCUT2D eigenvalue weighted by Gasteiger charge is -2.20. The second kappa shape index (κ2) is 5.97. The van der Waals surface area contributed by atoms with Crippen LogP contribution in [0.4, 0.5) is 8.78 Å². The van der Waals surface area contributed by atoms with Crippen molar-refractivity contribution in [2.24, 2.45) is 5.73 Å². The second-order valence-corrected chi connectivity index (χ2v) is 3.76. The van der Waals surface area contributed by atoms with Gasteiger partial charge in [0.25, 0.3) is 6.43 Å². The van der Waals surface area contributed by atoms with E-state index in [9.17, 15) is 13.6 Å². The van der Waals surface area contributed by atoms with Gasteiger partial charge in [-0.25, -0.2) is 8.78 Å². The van der Waals surface area contributed by atoms with Gasteiger partial charge < -0.3 is 11.1 Å². The number of nitrogens with two attached hydrogens (primary N) is 1. The van der Waals surface area contributed by atoms with Gasteiger partial charge in [0.2, 0.25) is 5.91 Å². The lowest BCUT2D eigenvalue weighted by molar-refractivity contribution is -0.122. The topological polar surface area (TPSA) is 58.4 Å². The molecule has 4 nitrogen and oxygen atoms in total. The molecule has 0 aromatic heterocycles. The van der Waals surface area contributed by atoms with Crippen molar-refractivity contribution in [3.05, 3.63) is 0 Å². The fourth-order valence-corrected chi connectivity index (χ4v) is 1.32. The van der Waals surface area contributed by atoms with E-state index in [1.54, 1.807) is 0 Å². The highest BCUT2D eigenvalue weighted by Crippen LogP contribution is 2.18. The molecule has 0 bridgehead atoms. The summed E-state index contributed by atoms with van der Waals surface area (Å²) < 4.78 is 24.2. The minimum absolute atomic E-state index is 0.0119. The first-order chi connectivity index (χ1) is 7.11. The molecule has 1 fully saturated rings. The predicted octanol–water partition coefficient (Wildman–Crippen LogP) is -0.209. The minimum Gasteiger partial charge on any atom is -0.352 e. The highest BCUT2D eigenvalue weighted by molar-refractivity contribution is 5.78. The Morgan fingerprint density at radius 1 is 1.53 bits per heavy atom. The summed E-state index contributed by atoms with van der Waals surface area (Å²) in [6.45, 7) is 0.221. The normalized spacial score (nSPS) is 16.1. The standard InChI is InChI=1S/C9H17F2N3O/c10-8(11)5-14(4-3-12)6-9(15)13-7-1-2-7/h7-8H,1-6,12H2,(H,13,15). The van der Waals surface area contributed by atoms with Crippen molar-refractivity contribution in [2.75, 3.05) is 26.2 Å². The van der Waals surface area contributed by atoms with Gasteiger partial charge in [0.15, 0.2) is 0 Å². The minimum atomic E-state index is -2.43. The molecule has 0 aliphatic heterocycles. The van der Waals surface area contributed by atoms with Crippen LogP contribution >= 0.6 is 0 Å². The van der Waals surface area contributed by atoms with Crippen molar-refractivity contribution in [3.63, 3.8) is 0 Å². The molecule has 0 spiro atoms. The molecule has 1 aliphatic rings. The summed E-state index contributed by atoms with van der Waals surface area (Å²) >= 11 is 0. The Morgan fingerprint density at radius 3 is 2.67 bits per heavy atom. The third kappa shape index (κ3) is 5.64. The van der Waals surface area contributed by atoms with Crippen LogP contribution in [0.5, 0.6) is 0 Å². The van der Waals surface area contributed by atoms with Crippen molar-refractivity contribution in [3.8, 4) is 0 Å². The lowest BCUT2D eigenvalue weighted by Crippen LogP contribution is -2.42. The first-order valence-electron chi connectivity index (χ1n) is 5.11. The van der Waals surface area contributed by atoms with Gasteiger partial charge in [-0.15, -0.1) is 0 Å². The van der Waals surface area contributed by atoms with Gasteiger partial charge in [0.1, 0.15) is 0 Å². The largest absolute Gasteiger partial charge is 0.352 e. The van der Waals surface area contributed by atoms with Crippen LogP contribution in [0.15, 0.2) is 0 Å². The Morgan fingerprint density at radius 2 is 2.20 bits per heavy atom. The molecule has 6 heteroatoms. The van der Waals surface area contributed by atoms with Gasteiger partial charge in [-0.2, -0.15) is 0 Å². The number of alkyl halides is 2. The van der Waals surface area contributed by atoms with Crippen molar-refractivity contribution in [1.82, 2.24) is 10.2 Å². The van der Waals surface area contributed by atoms with E-state index < -0.39 is 13.0 Å². The van der Waals surface area contributed by atoms with Crippen LogP contribution in [-0.4, -0.2) is 49.5 Å². The summed E-state index contributed by atoms with van der Waals surface area (Å²) in [5.41, 5.74) is 5.28. The molecule has 15 heavy (non-hydrogen) atoms. The summed E-state index contributed by atoms with van der Waals surface area (Å²) in [4.78, 5) is 12.7. The molecule has 0 radical (unpaired) electrons. The highest BCUT2D eigenvalue weighted by Gasteiger charge is 2.24. The Hall–Kier alpha value is -0.750. The van der Waals surface area contributed by atoms with E-state index in [-0.39, 0.29) is 25.0 Å². The van der Waals surface area contributed by atoms with E-state index in [0.29, 0.717) is 6.54 Å². The van der Waals surface area contributed by atoms with Gasteiger partial charge in [0, 0.05) is 19.1 Å². The molecule has 0 aromatic carbocycles. The van der Waals surface area contributed by atoms with Gasteiger partial charge in [0.05, 0.1) is 13.1 Å². The van der Waals surface area contributed by atoms with Crippen molar-refractivity contribution in [1.29, 1.82) is 0 Å². The van der Waals surface area contributed by atoms with Crippen LogP contribution in [0, 0.1) is 0 Å². The second-order valence-electron chi connectivity index (χ2n) is 3.76. The summed E-state index contributed by atoms with van der Waals surface area (Å²) in [7, 11) is 0. The van der Waals surface area contributed by atoms with Gasteiger partial charge in [-0.05, 0) is 12.8 Å². The van der Waals surface area contributed by atoms with E-state index in [1.165, 1.54) is 4.90 Å². The summed E-state index contributed by atoms with van der Waals surface area (Å²) in [6, 6.07) is 0.267. The monoisotopic (exact) mass is 221 g/mol. The molecule has 0 aromatic rings. The molecule has 1 rings (SSSR count). The highest BCUT2D eigenvalue weighted by atomic mass is 19.3. The van der Waals surface area contributed by atoms with Gasteiger partial charge in [-0.3, -0.25) is 9.69 Å². The quantitative estimate of drug-likeness (QED) is 0.625. The van der Waals surface area contributed by atoms with Crippen molar-refractivity contribution >= 4 is 5.91 Å².